The average molecular weight is 701 g/mol. The van der Waals surface area contributed by atoms with E-state index in [2.05, 4.69) is 0 Å². The molecule has 1 fully saturated rings. The Kier molecular flexibility index (Phi) is 14.2. The highest BCUT2D eigenvalue weighted by Crippen LogP contribution is 2.53. The van der Waals surface area contributed by atoms with Crippen molar-refractivity contribution in [2.45, 2.75) is 130 Å². The quantitative estimate of drug-likeness (QED) is 0.175. The van der Waals surface area contributed by atoms with Crippen LogP contribution < -0.4 is 0 Å². The van der Waals surface area contributed by atoms with Gasteiger partial charge in [0, 0.05) is 44.6 Å². The average Bonchev–Trinajstić information content (AvgIpc) is 3.14. The first-order valence-corrected chi connectivity index (χ1v) is 16.4. The zero-order valence-electron chi connectivity index (χ0n) is 30.1. The minimum Gasteiger partial charge on any atom is -0.462 e. The molecule has 6 atom stereocenters. The van der Waals surface area contributed by atoms with Crippen molar-refractivity contribution in [3.05, 3.63) is 11.8 Å². The molecule has 1 saturated carbocycles. The van der Waals surface area contributed by atoms with Crippen LogP contribution in [0.3, 0.4) is 0 Å². The highest BCUT2D eigenvalue weighted by molar-refractivity contribution is 5.80. The van der Waals surface area contributed by atoms with Gasteiger partial charge in [-0.1, -0.05) is 41.5 Å². The lowest BCUT2D eigenvalue weighted by atomic mass is 9.77. The first-order chi connectivity index (χ1) is 22.5. The number of hydrogen-bond donors (Lipinski definition) is 2. The lowest BCUT2D eigenvalue weighted by Gasteiger charge is -2.44. The molecule has 1 aliphatic carbocycles. The zero-order valence-corrected chi connectivity index (χ0v) is 30.1. The number of hydrogen-bond acceptors (Lipinski definition) is 15. The molecule has 2 aliphatic rings. The lowest BCUT2D eigenvalue weighted by Crippen LogP contribution is -2.59. The van der Waals surface area contributed by atoms with Crippen molar-refractivity contribution in [2.75, 3.05) is 13.2 Å². The monoisotopic (exact) mass is 700 g/mol. The van der Waals surface area contributed by atoms with Crippen LogP contribution in [0.2, 0.25) is 0 Å². The van der Waals surface area contributed by atoms with Crippen molar-refractivity contribution in [1.82, 2.24) is 0 Å². The van der Waals surface area contributed by atoms with Gasteiger partial charge in [0.25, 0.3) is 6.29 Å². The van der Waals surface area contributed by atoms with Gasteiger partial charge in [-0.15, -0.1) is 0 Å². The Bertz CT molecular complexity index is 1270. The summed E-state index contributed by atoms with van der Waals surface area (Å²) in [5.41, 5.74) is -5.99. The number of carbonyl (C=O) groups is 6. The number of fused-ring (bicyclic) bond motifs is 1. The second-order valence-electron chi connectivity index (χ2n) is 14.5. The fourth-order valence-corrected chi connectivity index (χ4v) is 5.84. The molecule has 0 amide bonds. The third-order valence-corrected chi connectivity index (χ3v) is 7.91. The van der Waals surface area contributed by atoms with Gasteiger partial charge in [0.05, 0.1) is 12.7 Å². The number of aliphatic hydroxyl groups is 2. The van der Waals surface area contributed by atoms with Crippen LogP contribution in [0, 0.1) is 23.7 Å². The fourth-order valence-electron chi connectivity index (χ4n) is 5.84. The lowest BCUT2D eigenvalue weighted by molar-refractivity contribution is -0.241. The van der Waals surface area contributed by atoms with Crippen molar-refractivity contribution < 1.29 is 72.1 Å². The molecule has 15 nitrogen and oxygen atoms in total. The second kappa shape index (κ2) is 16.8. The standard InChI is InChI=1S/C34H52O15/c1-18(2)11-25(37)47-28(20(5)6)30(40)43-15-23-16-44-31(48-26(38)12-19(3)4)29-33(23,41)13-24(46-21(7)35)34(29,42)17-45-27(39)14-32(9,10)49-22(8)36/h16,18-20,24,28-29,31,41-42H,11-15,17H2,1-10H3/t24-,28-,29-,31-,33-,34+/m0/s1. The smallest absolute Gasteiger partial charge is 0.348 e. The summed E-state index contributed by atoms with van der Waals surface area (Å²) >= 11 is 0. The topological polar surface area (TPSA) is 207 Å². The SMILES string of the molecule is CC(=O)O[C@H]1C[C@]2(O)C(COC(=O)[C@@H](OC(=O)CC(C)C)C(C)C)=CO[C@@H](OC(=O)CC(C)C)[C@@H]2[C@@]1(O)COC(=O)CC(C)(C)OC(C)=O. The van der Waals surface area contributed by atoms with Crippen LogP contribution in [-0.4, -0.2) is 94.5 Å². The van der Waals surface area contributed by atoms with Gasteiger partial charge in [-0.2, -0.15) is 0 Å². The Labute approximate surface area is 286 Å². The van der Waals surface area contributed by atoms with E-state index >= 15 is 0 Å². The Morgan fingerprint density at radius 1 is 0.878 bits per heavy atom. The van der Waals surface area contributed by atoms with Crippen LogP contribution in [0.1, 0.15) is 94.9 Å². The Hall–Kier alpha value is -3.72. The molecule has 0 radical (unpaired) electrons. The highest BCUT2D eigenvalue weighted by atomic mass is 16.7. The van der Waals surface area contributed by atoms with E-state index in [0.29, 0.717) is 0 Å². The van der Waals surface area contributed by atoms with E-state index in [-0.39, 0.29) is 30.3 Å². The maximum absolute atomic E-state index is 13.1. The molecule has 0 saturated heterocycles. The van der Waals surface area contributed by atoms with E-state index in [4.69, 9.17) is 33.2 Å². The Morgan fingerprint density at radius 3 is 2.00 bits per heavy atom. The minimum atomic E-state index is -2.42. The van der Waals surface area contributed by atoms with Gasteiger partial charge in [0.1, 0.15) is 42.0 Å². The first kappa shape index (κ1) is 41.5. The van der Waals surface area contributed by atoms with Gasteiger partial charge >= 0.3 is 35.8 Å². The van der Waals surface area contributed by atoms with E-state index in [0.717, 1.165) is 13.2 Å². The zero-order chi connectivity index (χ0) is 37.5. The molecule has 2 N–H and O–H groups in total. The molecule has 0 aromatic heterocycles. The summed E-state index contributed by atoms with van der Waals surface area (Å²) in [6.45, 7) is 14.2. The van der Waals surface area contributed by atoms with Gasteiger partial charge in [-0.05, 0) is 25.7 Å². The van der Waals surface area contributed by atoms with Gasteiger partial charge in [-0.25, -0.2) is 4.79 Å². The van der Waals surface area contributed by atoms with Crippen molar-refractivity contribution in [2.24, 2.45) is 23.7 Å². The second-order valence-corrected chi connectivity index (χ2v) is 14.5. The predicted molar refractivity (Wildman–Crippen MR) is 169 cm³/mol. The molecule has 2 rings (SSSR count). The molecule has 0 aromatic rings. The van der Waals surface area contributed by atoms with Gasteiger partial charge < -0.3 is 43.4 Å². The minimum absolute atomic E-state index is 0.0134. The molecular formula is C34H52O15. The molecular weight excluding hydrogens is 648 g/mol. The molecule has 1 aliphatic heterocycles. The molecule has 0 spiro atoms. The van der Waals surface area contributed by atoms with Crippen LogP contribution in [0.15, 0.2) is 11.8 Å². The third kappa shape index (κ3) is 11.4. The Morgan fingerprint density at radius 2 is 1.47 bits per heavy atom. The molecule has 49 heavy (non-hydrogen) atoms. The van der Waals surface area contributed by atoms with Crippen LogP contribution in [0.25, 0.3) is 0 Å². The van der Waals surface area contributed by atoms with Crippen LogP contribution >= 0.6 is 0 Å². The summed E-state index contributed by atoms with van der Waals surface area (Å²) in [6.07, 6.45) is -4.34. The summed E-state index contributed by atoms with van der Waals surface area (Å²) in [4.78, 5) is 74.8. The summed E-state index contributed by atoms with van der Waals surface area (Å²) in [7, 11) is 0. The van der Waals surface area contributed by atoms with Crippen molar-refractivity contribution in [3.8, 4) is 0 Å². The summed E-state index contributed by atoms with van der Waals surface area (Å²) < 4.78 is 38.0. The Balaban J connectivity index is 2.46. The summed E-state index contributed by atoms with van der Waals surface area (Å²) in [6, 6.07) is 0. The van der Waals surface area contributed by atoms with Crippen LogP contribution in [0.5, 0.6) is 0 Å². The molecule has 0 unspecified atom stereocenters. The predicted octanol–water partition coefficient (Wildman–Crippen LogP) is 2.66. The van der Waals surface area contributed by atoms with Crippen LogP contribution in [0.4, 0.5) is 0 Å². The summed E-state index contributed by atoms with van der Waals surface area (Å²) in [5, 5.41) is 24.4. The highest BCUT2D eigenvalue weighted by Gasteiger charge is 2.70. The number of rotatable bonds is 16. The molecule has 0 aromatic carbocycles. The van der Waals surface area contributed by atoms with E-state index in [1.165, 1.54) is 20.8 Å². The third-order valence-electron chi connectivity index (χ3n) is 7.91. The van der Waals surface area contributed by atoms with Crippen molar-refractivity contribution in [3.63, 3.8) is 0 Å². The normalized spacial score (nSPS) is 25.4. The molecule has 278 valence electrons. The van der Waals surface area contributed by atoms with E-state index in [1.54, 1.807) is 27.7 Å². The fraction of sp³-hybridized carbons (Fsp3) is 0.765. The first-order valence-electron chi connectivity index (χ1n) is 16.4. The number of ether oxygens (including phenoxy) is 7. The van der Waals surface area contributed by atoms with Crippen molar-refractivity contribution in [1.29, 1.82) is 0 Å². The van der Waals surface area contributed by atoms with E-state index in [1.807, 2.05) is 13.8 Å². The number of carbonyl (C=O) groups excluding carboxylic acids is 6. The maximum Gasteiger partial charge on any atom is 0.348 e. The largest absolute Gasteiger partial charge is 0.462 e. The molecule has 15 heteroatoms. The maximum atomic E-state index is 13.1. The van der Waals surface area contributed by atoms with Crippen molar-refractivity contribution >= 4 is 35.8 Å². The summed E-state index contributed by atoms with van der Waals surface area (Å²) in [5.74, 6) is -6.86. The molecule has 1 heterocycles. The van der Waals surface area contributed by atoms with Gasteiger partial charge in [0.2, 0.25) is 6.10 Å². The molecule has 0 bridgehead atoms. The van der Waals surface area contributed by atoms with E-state index in [9.17, 15) is 39.0 Å². The van der Waals surface area contributed by atoms with Gasteiger partial charge in [-0.3, -0.25) is 24.0 Å². The van der Waals surface area contributed by atoms with Crippen LogP contribution in [-0.2, 0) is 61.9 Å². The van der Waals surface area contributed by atoms with Gasteiger partial charge in [0.15, 0.2) is 0 Å². The number of esters is 6. The van der Waals surface area contributed by atoms with E-state index < -0.39 is 109 Å².